The number of benzene rings is 1. The highest BCUT2D eigenvalue weighted by molar-refractivity contribution is 5.97. The van der Waals surface area contributed by atoms with Gasteiger partial charge in [-0.1, -0.05) is 18.2 Å². The van der Waals surface area contributed by atoms with E-state index >= 15 is 0 Å². The van der Waals surface area contributed by atoms with E-state index in [1.165, 1.54) is 0 Å². The molecule has 3 N–H and O–H groups in total. The molecule has 0 atom stereocenters. The average molecular weight is 245 g/mol. The molecular formula is C14H19N3O. The largest absolute Gasteiger partial charge is 0.396 e. The number of aromatic nitrogens is 1. The van der Waals surface area contributed by atoms with Crippen LogP contribution in [-0.2, 0) is 0 Å². The number of nitrogens with zero attached hydrogens (tertiary/aromatic N) is 2. The first-order valence-corrected chi connectivity index (χ1v) is 6.27. The first-order chi connectivity index (χ1) is 8.77. The van der Waals surface area contributed by atoms with Crippen LogP contribution in [0.4, 0.5) is 11.4 Å². The monoisotopic (exact) mass is 245 g/mol. The summed E-state index contributed by atoms with van der Waals surface area (Å²) in [7, 11) is 0. The van der Waals surface area contributed by atoms with Gasteiger partial charge in [-0.25, -0.2) is 0 Å². The number of nitrogens with two attached hydrogens (primary N) is 1. The molecule has 2 rings (SSSR count). The van der Waals surface area contributed by atoms with Crippen molar-refractivity contribution in [2.24, 2.45) is 0 Å². The first-order valence-electron chi connectivity index (χ1n) is 6.27. The molecule has 0 unspecified atom stereocenters. The third-order valence-electron chi connectivity index (χ3n) is 3.06. The molecule has 4 nitrogen and oxygen atoms in total. The Kier molecular flexibility index (Phi) is 3.99. The van der Waals surface area contributed by atoms with Crippen molar-refractivity contribution in [3.05, 3.63) is 30.5 Å². The van der Waals surface area contributed by atoms with E-state index in [2.05, 4.69) is 16.8 Å². The van der Waals surface area contributed by atoms with Crippen molar-refractivity contribution in [3.8, 4) is 0 Å². The van der Waals surface area contributed by atoms with Gasteiger partial charge in [-0.3, -0.25) is 4.98 Å². The lowest BCUT2D eigenvalue weighted by Gasteiger charge is -2.25. The lowest BCUT2D eigenvalue weighted by molar-refractivity contribution is 0.289. The molecule has 1 aromatic heterocycles. The second-order valence-electron chi connectivity index (χ2n) is 4.24. The van der Waals surface area contributed by atoms with Gasteiger partial charge in [0.05, 0.1) is 23.1 Å². The van der Waals surface area contributed by atoms with E-state index in [1.54, 1.807) is 6.20 Å². The minimum absolute atomic E-state index is 0.194. The van der Waals surface area contributed by atoms with Gasteiger partial charge in [-0.2, -0.15) is 0 Å². The summed E-state index contributed by atoms with van der Waals surface area (Å²) in [6.07, 6.45) is 2.45. The number of pyridine rings is 1. The molecule has 0 spiro atoms. The number of hydrogen-bond acceptors (Lipinski definition) is 4. The maximum absolute atomic E-state index is 8.97. The summed E-state index contributed by atoms with van der Waals surface area (Å²) in [5.74, 6) is 0. The fourth-order valence-corrected chi connectivity index (χ4v) is 2.18. The summed E-state index contributed by atoms with van der Waals surface area (Å²) in [5, 5.41) is 10.0. The Bertz CT molecular complexity index is 527. The Labute approximate surface area is 107 Å². The molecule has 96 valence electrons. The molecule has 0 radical (unpaired) electrons. The van der Waals surface area contributed by atoms with Crippen LogP contribution in [0, 0.1) is 0 Å². The van der Waals surface area contributed by atoms with Crippen LogP contribution in [0.3, 0.4) is 0 Å². The van der Waals surface area contributed by atoms with Gasteiger partial charge < -0.3 is 15.7 Å². The van der Waals surface area contributed by atoms with Crippen molar-refractivity contribution in [1.29, 1.82) is 0 Å². The van der Waals surface area contributed by atoms with E-state index in [1.807, 2.05) is 24.3 Å². The van der Waals surface area contributed by atoms with Gasteiger partial charge in [0.2, 0.25) is 0 Å². The van der Waals surface area contributed by atoms with E-state index in [0.29, 0.717) is 5.69 Å². The van der Waals surface area contributed by atoms with Crippen LogP contribution in [0.25, 0.3) is 10.9 Å². The van der Waals surface area contributed by atoms with E-state index in [0.717, 1.165) is 36.1 Å². The van der Waals surface area contributed by atoms with Crippen LogP contribution in [0.1, 0.15) is 13.3 Å². The van der Waals surface area contributed by atoms with Crippen molar-refractivity contribution >= 4 is 22.3 Å². The molecule has 4 heteroatoms. The van der Waals surface area contributed by atoms with E-state index in [4.69, 9.17) is 10.8 Å². The van der Waals surface area contributed by atoms with Gasteiger partial charge in [0.25, 0.3) is 0 Å². The molecule has 0 saturated carbocycles. The fraction of sp³-hybridized carbons (Fsp3) is 0.357. The number of anilines is 2. The fourth-order valence-electron chi connectivity index (χ4n) is 2.18. The lowest BCUT2D eigenvalue weighted by Crippen LogP contribution is -2.26. The van der Waals surface area contributed by atoms with Crippen LogP contribution in [0.5, 0.6) is 0 Å². The normalized spacial score (nSPS) is 10.8. The Morgan fingerprint density at radius 1 is 1.33 bits per heavy atom. The second kappa shape index (κ2) is 5.69. The third-order valence-corrected chi connectivity index (χ3v) is 3.06. The molecule has 0 fully saturated rings. The molecule has 1 aromatic carbocycles. The molecular weight excluding hydrogens is 226 g/mol. The average Bonchev–Trinajstić information content (AvgIpc) is 2.41. The summed E-state index contributed by atoms with van der Waals surface area (Å²) in [5.41, 5.74) is 8.73. The van der Waals surface area contributed by atoms with Crippen LogP contribution in [0.15, 0.2) is 30.5 Å². The van der Waals surface area contributed by atoms with Gasteiger partial charge in [0, 0.05) is 25.1 Å². The Morgan fingerprint density at radius 3 is 2.83 bits per heavy atom. The highest BCUT2D eigenvalue weighted by Gasteiger charge is 2.12. The van der Waals surface area contributed by atoms with E-state index < -0.39 is 0 Å². The maximum Gasteiger partial charge on any atom is 0.0745 e. The molecule has 0 aliphatic heterocycles. The maximum atomic E-state index is 8.97. The lowest BCUT2D eigenvalue weighted by atomic mass is 10.1. The predicted molar refractivity (Wildman–Crippen MR) is 75.7 cm³/mol. The SMILES string of the molecule is CCN(CCCO)c1c(N)cnc2ccccc12. The minimum Gasteiger partial charge on any atom is -0.396 e. The van der Waals surface area contributed by atoms with Crippen molar-refractivity contribution in [3.63, 3.8) is 0 Å². The molecule has 18 heavy (non-hydrogen) atoms. The zero-order valence-corrected chi connectivity index (χ0v) is 10.6. The van der Waals surface area contributed by atoms with Crippen molar-refractivity contribution in [1.82, 2.24) is 4.98 Å². The number of hydrogen-bond donors (Lipinski definition) is 2. The van der Waals surface area contributed by atoms with E-state index in [9.17, 15) is 0 Å². The summed E-state index contributed by atoms with van der Waals surface area (Å²) < 4.78 is 0. The van der Waals surface area contributed by atoms with Gasteiger partial charge in [-0.15, -0.1) is 0 Å². The number of aliphatic hydroxyl groups excluding tert-OH is 1. The molecule has 1 heterocycles. The number of fused-ring (bicyclic) bond motifs is 1. The summed E-state index contributed by atoms with van der Waals surface area (Å²) in [4.78, 5) is 6.53. The highest BCUT2D eigenvalue weighted by atomic mass is 16.3. The molecule has 0 saturated heterocycles. The van der Waals surface area contributed by atoms with Gasteiger partial charge in [0.1, 0.15) is 0 Å². The standard InChI is InChI=1S/C14H19N3O/c1-2-17(8-5-9-18)14-11-6-3-4-7-13(11)16-10-12(14)15/h3-4,6-7,10,18H,2,5,8-9,15H2,1H3. The van der Waals surface area contributed by atoms with Crippen molar-refractivity contribution in [2.45, 2.75) is 13.3 Å². The van der Waals surface area contributed by atoms with Crippen LogP contribution in [0.2, 0.25) is 0 Å². The summed E-state index contributed by atoms with van der Waals surface area (Å²) in [6, 6.07) is 7.99. The highest BCUT2D eigenvalue weighted by Crippen LogP contribution is 2.31. The summed E-state index contributed by atoms with van der Waals surface area (Å²) in [6.45, 7) is 3.94. The van der Waals surface area contributed by atoms with Gasteiger partial charge >= 0.3 is 0 Å². The van der Waals surface area contributed by atoms with Crippen LogP contribution in [-0.4, -0.2) is 29.8 Å². The minimum atomic E-state index is 0.194. The topological polar surface area (TPSA) is 62.4 Å². The Hall–Kier alpha value is -1.81. The number of nitrogen functional groups attached to an aromatic ring is 1. The van der Waals surface area contributed by atoms with Crippen LogP contribution < -0.4 is 10.6 Å². The quantitative estimate of drug-likeness (QED) is 0.846. The molecule has 0 aliphatic rings. The first kappa shape index (κ1) is 12.6. The smallest absolute Gasteiger partial charge is 0.0745 e. The van der Waals surface area contributed by atoms with Gasteiger partial charge in [0.15, 0.2) is 0 Å². The number of rotatable bonds is 5. The summed E-state index contributed by atoms with van der Waals surface area (Å²) >= 11 is 0. The van der Waals surface area contributed by atoms with Crippen molar-refractivity contribution in [2.75, 3.05) is 30.3 Å². The zero-order valence-electron chi connectivity index (χ0n) is 10.6. The Morgan fingerprint density at radius 2 is 2.11 bits per heavy atom. The number of para-hydroxylation sites is 1. The molecule has 0 aliphatic carbocycles. The second-order valence-corrected chi connectivity index (χ2v) is 4.24. The molecule has 0 bridgehead atoms. The zero-order chi connectivity index (χ0) is 13.0. The van der Waals surface area contributed by atoms with E-state index in [-0.39, 0.29) is 6.61 Å². The molecule has 2 aromatic rings. The van der Waals surface area contributed by atoms with Crippen molar-refractivity contribution < 1.29 is 5.11 Å². The third kappa shape index (κ3) is 2.38. The predicted octanol–water partition coefficient (Wildman–Crippen LogP) is 2.03. The van der Waals surface area contributed by atoms with Gasteiger partial charge in [-0.05, 0) is 19.4 Å². The van der Waals surface area contributed by atoms with Crippen LogP contribution >= 0.6 is 0 Å². The molecule has 0 amide bonds. The Balaban J connectivity index is 2.49. The number of aliphatic hydroxyl groups is 1.